The molecule has 0 aliphatic rings. The molecule has 2 aromatic rings. The number of carbonyl (C=O) groups excluding carboxylic acids is 1. The smallest absolute Gasteiger partial charge is 0.254 e. The minimum atomic E-state index is -0.658. The molecule has 0 atom stereocenters. The molecule has 2 N–H and O–H groups in total. The first-order chi connectivity index (χ1) is 10.0. The molecule has 0 spiro atoms. The van der Waals surface area contributed by atoms with Crippen molar-refractivity contribution in [3.63, 3.8) is 0 Å². The van der Waals surface area contributed by atoms with Crippen LogP contribution in [0.3, 0.4) is 0 Å². The zero-order valence-electron chi connectivity index (χ0n) is 12.1. The van der Waals surface area contributed by atoms with Gasteiger partial charge in [0.25, 0.3) is 5.91 Å². The Bertz CT molecular complexity index is 644. The van der Waals surface area contributed by atoms with Crippen molar-refractivity contribution in [2.75, 3.05) is 12.3 Å². The Morgan fingerprint density at radius 3 is 2.27 bits per heavy atom. The predicted molar refractivity (Wildman–Crippen MR) is 84.9 cm³/mol. The van der Waals surface area contributed by atoms with Gasteiger partial charge < -0.3 is 10.6 Å². The molecule has 6 heteroatoms. The fraction of sp³-hybridized carbons (Fsp3) is 0.188. The van der Waals surface area contributed by atoms with Crippen molar-refractivity contribution in [2.24, 2.45) is 0 Å². The van der Waals surface area contributed by atoms with E-state index in [0.29, 0.717) is 17.8 Å². The fourth-order valence-corrected chi connectivity index (χ4v) is 2.06. The summed E-state index contributed by atoms with van der Waals surface area (Å²) in [6.45, 7) is 1.97. The quantitative estimate of drug-likeness (QED) is 0.872. The Labute approximate surface area is 134 Å². The lowest BCUT2D eigenvalue weighted by atomic mass is 10.1. The standard InChI is InChI=1S/C16H16F2N2O.ClH/c1-2-20(10-13-14(17)7-4-8-15(13)18)16(21)11-5-3-6-12(19)9-11;/h3-9H,2,10,19H2,1H3;1H. The Morgan fingerprint density at radius 2 is 1.73 bits per heavy atom. The van der Waals surface area contributed by atoms with Gasteiger partial charge in [0, 0.05) is 23.4 Å². The number of amides is 1. The second-order valence-corrected chi connectivity index (χ2v) is 4.65. The van der Waals surface area contributed by atoms with Crippen molar-refractivity contribution in [1.29, 1.82) is 0 Å². The van der Waals surface area contributed by atoms with Gasteiger partial charge >= 0.3 is 0 Å². The highest BCUT2D eigenvalue weighted by molar-refractivity contribution is 5.95. The molecule has 0 bridgehead atoms. The summed E-state index contributed by atoms with van der Waals surface area (Å²) >= 11 is 0. The zero-order valence-corrected chi connectivity index (χ0v) is 12.9. The molecule has 2 rings (SSSR count). The van der Waals surface area contributed by atoms with Crippen molar-refractivity contribution >= 4 is 24.0 Å². The van der Waals surface area contributed by atoms with Crippen LogP contribution in [0.2, 0.25) is 0 Å². The lowest BCUT2D eigenvalue weighted by Crippen LogP contribution is -2.31. The highest BCUT2D eigenvalue weighted by Gasteiger charge is 2.18. The lowest BCUT2D eigenvalue weighted by Gasteiger charge is -2.21. The summed E-state index contributed by atoms with van der Waals surface area (Å²) in [6.07, 6.45) is 0. The van der Waals surface area contributed by atoms with Gasteiger partial charge in [0.1, 0.15) is 11.6 Å². The molecule has 0 heterocycles. The number of nitrogens with two attached hydrogens (primary N) is 1. The van der Waals surface area contributed by atoms with Crippen LogP contribution < -0.4 is 5.73 Å². The van der Waals surface area contributed by atoms with Crippen LogP contribution in [0.15, 0.2) is 42.5 Å². The summed E-state index contributed by atoms with van der Waals surface area (Å²) in [5.74, 6) is -1.63. The number of nitrogens with zero attached hydrogens (tertiary/aromatic N) is 1. The molecule has 22 heavy (non-hydrogen) atoms. The number of anilines is 1. The molecule has 3 nitrogen and oxygen atoms in total. The second kappa shape index (κ2) is 7.75. The number of rotatable bonds is 4. The zero-order chi connectivity index (χ0) is 15.4. The molecule has 0 radical (unpaired) electrons. The molecular formula is C16H17ClF2N2O. The van der Waals surface area contributed by atoms with E-state index < -0.39 is 11.6 Å². The minimum Gasteiger partial charge on any atom is -0.399 e. The highest BCUT2D eigenvalue weighted by Crippen LogP contribution is 2.17. The van der Waals surface area contributed by atoms with Crippen molar-refractivity contribution in [2.45, 2.75) is 13.5 Å². The molecule has 0 saturated heterocycles. The average Bonchev–Trinajstić information content (AvgIpc) is 2.46. The van der Waals surface area contributed by atoms with Crippen LogP contribution in [0, 0.1) is 11.6 Å². The molecule has 0 aliphatic heterocycles. The molecule has 0 aliphatic carbocycles. The van der Waals surface area contributed by atoms with E-state index in [1.165, 1.54) is 23.1 Å². The molecule has 1 amide bonds. The Hall–Kier alpha value is -2.14. The molecule has 2 aromatic carbocycles. The van der Waals surface area contributed by atoms with Gasteiger partial charge in [-0.2, -0.15) is 0 Å². The van der Waals surface area contributed by atoms with E-state index in [0.717, 1.165) is 0 Å². The van der Waals surface area contributed by atoms with Gasteiger partial charge in [0.15, 0.2) is 0 Å². The lowest BCUT2D eigenvalue weighted by molar-refractivity contribution is 0.0749. The third-order valence-corrected chi connectivity index (χ3v) is 3.21. The molecule has 0 saturated carbocycles. The number of hydrogen-bond acceptors (Lipinski definition) is 2. The number of carbonyl (C=O) groups is 1. The predicted octanol–water partition coefficient (Wildman–Crippen LogP) is 3.63. The summed E-state index contributed by atoms with van der Waals surface area (Å²) in [7, 11) is 0. The Morgan fingerprint density at radius 1 is 1.14 bits per heavy atom. The van der Waals surface area contributed by atoms with Crippen molar-refractivity contribution in [3.8, 4) is 0 Å². The first-order valence-corrected chi connectivity index (χ1v) is 6.60. The summed E-state index contributed by atoms with van der Waals surface area (Å²) in [5, 5.41) is 0. The number of halogens is 3. The van der Waals surface area contributed by atoms with Crippen LogP contribution in [0.25, 0.3) is 0 Å². The van der Waals surface area contributed by atoms with E-state index in [-0.39, 0.29) is 30.4 Å². The van der Waals surface area contributed by atoms with Crippen LogP contribution in [0.4, 0.5) is 14.5 Å². The molecular weight excluding hydrogens is 310 g/mol. The van der Waals surface area contributed by atoms with Gasteiger partial charge in [-0.25, -0.2) is 8.78 Å². The number of hydrogen-bond donors (Lipinski definition) is 1. The maximum absolute atomic E-state index is 13.7. The van der Waals surface area contributed by atoms with Crippen LogP contribution in [0.1, 0.15) is 22.8 Å². The Balaban J connectivity index is 0.00000242. The van der Waals surface area contributed by atoms with Crippen molar-refractivity contribution < 1.29 is 13.6 Å². The van der Waals surface area contributed by atoms with Crippen molar-refractivity contribution in [1.82, 2.24) is 4.90 Å². The third kappa shape index (κ3) is 3.95. The van der Waals surface area contributed by atoms with E-state index in [2.05, 4.69) is 0 Å². The van der Waals surface area contributed by atoms with Crippen LogP contribution >= 0.6 is 12.4 Å². The van der Waals surface area contributed by atoms with Gasteiger partial charge in [0.05, 0.1) is 6.54 Å². The number of benzene rings is 2. The van der Waals surface area contributed by atoms with E-state index in [1.54, 1.807) is 31.2 Å². The molecule has 118 valence electrons. The fourth-order valence-electron chi connectivity index (χ4n) is 2.06. The van der Waals surface area contributed by atoms with Gasteiger partial charge in [-0.3, -0.25) is 4.79 Å². The maximum Gasteiger partial charge on any atom is 0.254 e. The van der Waals surface area contributed by atoms with Crippen LogP contribution in [-0.2, 0) is 6.54 Å². The monoisotopic (exact) mass is 326 g/mol. The second-order valence-electron chi connectivity index (χ2n) is 4.65. The maximum atomic E-state index is 13.7. The Kier molecular flexibility index (Phi) is 6.31. The van der Waals surface area contributed by atoms with Crippen LogP contribution in [0.5, 0.6) is 0 Å². The average molecular weight is 327 g/mol. The first kappa shape index (κ1) is 17.9. The summed E-state index contributed by atoms with van der Waals surface area (Å²) in [6, 6.07) is 10.2. The third-order valence-electron chi connectivity index (χ3n) is 3.21. The molecule has 0 aromatic heterocycles. The largest absolute Gasteiger partial charge is 0.399 e. The van der Waals surface area contributed by atoms with Crippen LogP contribution in [-0.4, -0.2) is 17.4 Å². The molecule has 0 fully saturated rings. The van der Waals surface area contributed by atoms with E-state index >= 15 is 0 Å². The summed E-state index contributed by atoms with van der Waals surface area (Å²) < 4.78 is 27.4. The highest BCUT2D eigenvalue weighted by atomic mass is 35.5. The summed E-state index contributed by atoms with van der Waals surface area (Å²) in [4.78, 5) is 13.8. The van der Waals surface area contributed by atoms with Gasteiger partial charge in [-0.05, 0) is 37.3 Å². The number of nitrogen functional groups attached to an aromatic ring is 1. The van der Waals surface area contributed by atoms with E-state index in [1.807, 2.05) is 0 Å². The van der Waals surface area contributed by atoms with Gasteiger partial charge in [-0.15, -0.1) is 12.4 Å². The van der Waals surface area contributed by atoms with Crippen molar-refractivity contribution in [3.05, 3.63) is 65.2 Å². The molecule has 0 unspecified atom stereocenters. The summed E-state index contributed by atoms with van der Waals surface area (Å²) in [5.41, 5.74) is 6.40. The van der Waals surface area contributed by atoms with E-state index in [4.69, 9.17) is 5.73 Å². The van der Waals surface area contributed by atoms with E-state index in [9.17, 15) is 13.6 Å². The topological polar surface area (TPSA) is 46.3 Å². The normalized spacial score (nSPS) is 9.95. The van der Waals surface area contributed by atoms with Gasteiger partial charge in [0.2, 0.25) is 0 Å². The minimum absolute atomic E-state index is 0. The van der Waals surface area contributed by atoms with Gasteiger partial charge in [-0.1, -0.05) is 12.1 Å². The SMILES string of the molecule is CCN(Cc1c(F)cccc1F)C(=O)c1cccc(N)c1.Cl. The first-order valence-electron chi connectivity index (χ1n) is 6.60.